The Labute approximate surface area is 108 Å². The summed E-state index contributed by atoms with van der Waals surface area (Å²) in [4.78, 5) is 11.4. The van der Waals surface area contributed by atoms with Gasteiger partial charge in [-0.15, -0.1) is 0 Å². The van der Waals surface area contributed by atoms with E-state index in [1.54, 1.807) is 7.11 Å². The summed E-state index contributed by atoms with van der Waals surface area (Å²) in [6.45, 7) is 0.757. The first-order valence-corrected chi connectivity index (χ1v) is 6.27. The van der Waals surface area contributed by atoms with Crippen LogP contribution in [0.2, 0.25) is 0 Å². The molecule has 1 rings (SSSR count). The van der Waals surface area contributed by atoms with Crippen molar-refractivity contribution in [2.24, 2.45) is 0 Å². The van der Waals surface area contributed by atoms with Crippen LogP contribution in [0, 0.1) is 0 Å². The van der Waals surface area contributed by atoms with E-state index >= 15 is 0 Å². The number of carbonyl (C=O) groups is 1. The summed E-state index contributed by atoms with van der Waals surface area (Å²) in [6.07, 6.45) is 2.65. The van der Waals surface area contributed by atoms with E-state index < -0.39 is 0 Å². The standard InChI is InChI=1S/C14H21NO3/c1-18-13-7-3-2-6-12(13)9-10-15-14(17)8-4-5-11-16/h2-3,6-7,16H,4-5,8-11H2,1H3,(H,15,17). The quantitative estimate of drug-likeness (QED) is 0.689. The number of carbonyl (C=O) groups excluding carboxylic acids is 1. The smallest absolute Gasteiger partial charge is 0.220 e. The van der Waals surface area contributed by atoms with Crippen LogP contribution < -0.4 is 10.1 Å². The minimum Gasteiger partial charge on any atom is -0.496 e. The molecule has 0 saturated carbocycles. The van der Waals surface area contributed by atoms with Gasteiger partial charge in [0.25, 0.3) is 0 Å². The molecule has 0 aliphatic rings. The lowest BCUT2D eigenvalue weighted by Crippen LogP contribution is -2.25. The summed E-state index contributed by atoms with van der Waals surface area (Å²) in [5, 5.41) is 11.5. The first kappa shape index (κ1) is 14.5. The number of hydrogen-bond donors (Lipinski definition) is 2. The van der Waals surface area contributed by atoms with Crippen molar-refractivity contribution in [2.75, 3.05) is 20.3 Å². The Morgan fingerprint density at radius 3 is 2.83 bits per heavy atom. The summed E-state index contributed by atoms with van der Waals surface area (Å²) in [5.41, 5.74) is 1.09. The topological polar surface area (TPSA) is 58.6 Å². The van der Waals surface area contributed by atoms with Crippen LogP contribution >= 0.6 is 0 Å². The number of para-hydroxylation sites is 1. The molecule has 0 fully saturated rings. The molecule has 0 radical (unpaired) electrons. The van der Waals surface area contributed by atoms with Crippen LogP contribution in [0.3, 0.4) is 0 Å². The molecular weight excluding hydrogens is 230 g/mol. The number of unbranched alkanes of at least 4 members (excludes halogenated alkanes) is 1. The van der Waals surface area contributed by atoms with E-state index in [0.29, 0.717) is 19.4 Å². The number of nitrogens with one attached hydrogen (secondary N) is 1. The number of hydrogen-bond acceptors (Lipinski definition) is 3. The molecule has 18 heavy (non-hydrogen) atoms. The van der Waals surface area contributed by atoms with E-state index in [0.717, 1.165) is 24.2 Å². The van der Waals surface area contributed by atoms with E-state index in [9.17, 15) is 4.79 Å². The van der Waals surface area contributed by atoms with Crippen LogP contribution in [0.25, 0.3) is 0 Å². The molecule has 1 aromatic rings. The minimum absolute atomic E-state index is 0.0401. The average Bonchev–Trinajstić information content (AvgIpc) is 2.39. The molecule has 0 saturated heterocycles. The fourth-order valence-corrected chi connectivity index (χ4v) is 1.73. The van der Waals surface area contributed by atoms with Gasteiger partial charge in [0.1, 0.15) is 5.75 Å². The second kappa shape index (κ2) is 8.53. The van der Waals surface area contributed by atoms with Crippen molar-refractivity contribution in [1.82, 2.24) is 5.32 Å². The monoisotopic (exact) mass is 251 g/mol. The van der Waals surface area contributed by atoms with Crippen molar-refractivity contribution in [2.45, 2.75) is 25.7 Å². The van der Waals surface area contributed by atoms with Gasteiger partial charge in [-0.25, -0.2) is 0 Å². The zero-order valence-corrected chi connectivity index (χ0v) is 10.8. The second-order valence-corrected chi connectivity index (χ2v) is 4.09. The number of amides is 1. The van der Waals surface area contributed by atoms with Crippen LogP contribution in [0.1, 0.15) is 24.8 Å². The third-order valence-corrected chi connectivity index (χ3v) is 2.72. The van der Waals surface area contributed by atoms with Crippen LogP contribution in [0.5, 0.6) is 5.75 Å². The lowest BCUT2D eigenvalue weighted by Gasteiger charge is -2.09. The van der Waals surface area contributed by atoms with Gasteiger partial charge < -0.3 is 15.2 Å². The Hall–Kier alpha value is -1.55. The summed E-state index contributed by atoms with van der Waals surface area (Å²) >= 11 is 0. The predicted molar refractivity (Wildman–Crippen MR) is 70.6 cm³/mol. The Morgan fingerprint density at radius 1 is 1.33 bits per heavy atom. The van der Waals surface area contributed by atoms with E-state index in [-0.39, 0.29) is 12.5 Å². The molecule has 0 atom stereocenters. The number of methoxy groups -OCH3 is 1. The van der Waals surface area contributed by atoms with Crippen LogP contribution in [0.4, 0.5) is 0 Å². The number of aliphatic hydroxyl groups excluding tert-OH is 1. The highest BCUT2D eigenvalue weighted by Crippen LogP contribution is 2.17. The molecule has 0 aliphatic heterocycles. The van der Waals surface area contributed by atoms with Gasteiger partial charge in [-0.2, -0.15) is 0 Å². The van der Waals surface area contributed by atoms with E-state index in [4.69, 9.17) is 9.84 Å². The van der Waals surface area contributed by atoms with Gasteiger partial charge in [-0.1, -0.05) is 18.2 Å². The summed E-state index contributed by atoms with van der Waals surface area (Å²) < 4.78 is 5.24. The van der Waals surface area contributed by atoms with Crippen LogP contribution in [0.15, 0.2) is 24.3 Å². The first-order valence-electron chi connectivity index (χ1n) is 6.27. The summed E-state index contributed by atoms with van der Waals surface area (Å²) in [7, 11) is 1.65. The number of benzene rings is 1. The lowest BCUT2D eigenvalue weighted by molar-refractivity contribution is -0.121. The zero-order chi connectivity index (χ0) is 13.2. The SMILES string of the molecule is COc1ccccc1CCNC(=O)CCCCO. The third kappa shape index (κ3) is 5.19. The normalized spacial score (nSPS) is 10.1. The molecule has 0 aliphatic carbocycles. The Balaban J connectivity index is 2.26. The summed E-state index contributed by atoms with van der Waals surface area (Å²) in [5.74, 6) is 0.894. The maximum atomic E-state index is 11.4. The zero-order valence-electron chi connectivity index (χ0n) is 10.8. The molecule has 0 bridgehead atoms. The molecule has 1 amide bonds. The van der Waals surface area contributed by atoms with Gasteiger partial charge >= 0.3 is 0 Å². The van der Waals surface area contributed by atoms with Gasteiger partial charge in [0.15, 0.2) is 0 Å². The van der Waals surface area contributed by atoms with Crippen molar-refractivity contribution in [1.29, 1.82) is 0 Å². The average molecular weight is 251 g/mol. The third-order valence-electron chi connectivity index (χ3n) is 2.72. The fraction of sp³-hybridized carbons (Fsp3) is 0.500. The number of rotatable bonds is 8. The van der Waals surface area contributed by atoms with E-state index in [2.05, 4.69) is 5.32 Å². The Kier molecular flexibility index (Phi) is 6.87. The van der Waals surface area contributed by atoms with Crippen molar-refractivity contribution in [3.63, 3.8) is 0 Å². The molecule has 0 unspecified atom stereocenters. The molecule has 4 heteroatoms. The number of ether oxygens (including phenoxy) is 1. The second-order valence-electron chi connectivity index (χ2n) is 4.09. The molecule has 1 aromatic carbocycles. The predicted octanol–water partition coefficient (Wildman–Crippen LogP) is 1.52. The van der Waals surface area contributed by atoms with Crippen molar-refractivity contribution < 1.29 is 14.6 Å². The van der Waals surface area contributed by atoms with Crippen LogP contribution in [-0.2, 0) is 11.2 Å². The van der Waals surface area contributed by atoms with Gasteiger partial charge in [-0.05, 0) is 30.9 Å². The van der Waals surface area contributed by atoms with E-state index in [1.807, 2.05) is 24.3 Å². The maximum Gasteiger partial charge on any atom is 0.220 e. The van der Waals surface area contributed by atoms with Gasteiger partial charge in [0.2, 0.25) is 5.91 Å². The van der Waals surface area contributed by atoms with Crippen molar-refractivity contribution >= 4 is 5.91 Å². The lowest BCUT2D eigenvalue weighted by atomic mass is 10.1. The Bertz CT molecular complexity index is 366. The minimum atomic E-state index is 0.0401. The largest absolute Gasteiger partial charge is 0.496 e. The van der Waals surface area contributed by atoms with Gasteiger partial charge in [0.05, 0.1) is 7.11 Å². The van der Waals surface area contributed by atoms with Crippen molar-refractivity contribution in [3.8, 4) is 5.75 Å². The van der Waals surface area contributed by atoms with Crippen molar-refractivity contribution in [3.05, 3.63) is 29.8 Å². The fourth-order valence-electron chi connectivity index (χ4n) is 1.73. The summed E-state index contributed by atoms with van der Waals surface area (Å²) in [6, 6.07) is 7.80. The molecule has 2 N–H and O–H groups in total. The van der Waals surface area contributed by atoms with Gasteiger partial charge in [0, 0.05) is 19.6 Å². The van der Waals surface area contributed by atoms with E-state index in [1.165, 1.54) is 0 Å². The van der Waals surface area contributed by atoms with Crippen LogP contribution in [-0.4, -0.2) is 31.3 Å². The first-order chi connectivity index (χ1) is 8.77. The molecule has 4 nitrogen and oxygen atoms in total. The highest BCUT2D eigenvalue weighted by Gasteiger charge is 2.03. The molecule has 100 valence electrons. The molecule has 0 heterocycles. The Morgan fingerprint density at radius 2 is 2.11 bits per heavy atom. The molecule has 0 spiro atoms. The molecule has 0 aromatic heterocycles. The highest BCUT2D eigenvalue weighted by molar-refractivity contribution is 5.75. The number of aliphatic hydroxyl groups is 1. The van der Waals surface area contributed by atoms with Gasteiger partial charge in [-0.3, -0.25) is 4.79 Å². The molecular formula is C14H21NO3. The maximum absolute atomic E-state index is 11.4. The highest BCUT2D eigenvalue weighted by atomic mass is 16.5.